The van der Waals surface area contributed by atoms with Gasteiger partial charge in [-0.25, -0.2) is 9.97 Å². The minimum absolute atomic E-state index is 0.744. The van der Waals surface area contributed by atoms with Crippen LogP contribution in [0.3, 0.4) is 0 Å². The number of benzene rings is 1. The molecule has 5 rings (SSSR count). The van der Waals surface area contributed by atoms with E-state index >= 15 is 0 Å². The van der Waals surface area contributed by atoms with E-state index in [0.717, 1.165) is 65.6 Å². The minimum Gasteiger partial charge on any atom is -0.351 e. The average molecular weight is 335 g/mol. The summed E-state index contributed by atoms with van der Waals surface area (Å²) in [5.41, 5.74) is 4.76. The number of hydrogen-bond donors (Lipinski definition) is 2. The van der Waals surface area contributed by atoms with Gasteiger partial charge in [0.25, 0.3) is 0 Å². The minimum atomic E-state index is 0.744. The number of nitrogens with one attached hydrogen (secondary N) is 2. The average Bonchev–Trinajstić information content (AvgIpc) is 3.33. The zero-order valence-electron chi connectivity index (χ0n) is 13.8. The number of hydrogen-bond acceptors (Lipinski definition) is 7. The van der Waals surface area contributed by atoms with E-state index < -0.39 is 0 Å². The van der Waals surface area contributed by atoms with Gasteiger partial charge < -0.3 is 10.2 Å². The third-order valence-electron chi connectivity index (χ3n) is 4.64. The van der Waals surface area contributed by atoms with Gasteiger partial charge in [0.15, 0.2) is 11.6 Å². The van der Waals surface area contributed by atoms with Crippen molar-refractivity contribution in [1.82, 2.24) is 40.1 Å². The molecule has 25 heavy (non-hydrogen) atoms. The maximum Gasteiger partial charge on any atom is 0.204 e. The van der Waals surface area contributed by atoms with Crippen LogP contribution in [0, 0.1) is 6.92 Å². The quantitative estimate of drug-likeness (QED) is 0.558. The van der Waals surface area contributed by atoms with E-state index in [2.05, 4.69) is 54.7 Å². The molecule has 0 aliphatic carbocycles. The number of aryl methyl sites for hydroxylation is 1. The van der Waals surface area contributed by atoms with Crippen LogP contribution in [-0.2, 0) is 0 Å². The predicted molar refractivity (Wildman–Crippen MR) is 93.5 cm³/mol. The SMILES string of the molecule is Cc1cc2c(cc1-c1ncn[nH]1)nc(N1CCNCC1)c1nncn12. The van der Waals surface area contributed by atoms with Gasteiger partial charge in [0.2, 0.25) is 5.65 Å². The Labute approximate surface area is 143 Å². The molecular formula is C16H17N9. The van der Waals surface area contributed by atoms with Crippen molar-refractivity contribution in [3.8, 4) is 11.4 Å². The lowest BCUT2D eigenvalue weighted by atomic mass is 10.1. The van der Waals surface area contributed by atoms with Crippen LogP contribution in [0.5, 0.6) is 0 Å². The van der Waals surface area contributed by atoms with Crippen molar-refractivity contribution in [2.24, 2.45) is 0 Å². The summed E-state index contributed by atoms with van der Waals surface area (Å²) in [6.45, 7) is 5.75. The van der Waals surface area contributed by atoms with Crippen molar-refractivity contribution in [3.05, 3.63) is 30.4 Å². The number of aromatic amines is 1. The van der Waals surface area contributed by atoms with Crippen molar-refractivity contribution in [2.75, 3.05) is 31.1 Å². The Kier molecular flexibility index (Phi) is 3.14. The molecule has 0 spiro atoms. The van der Waals surface area contributed by atoms with Gasteiger partial charge in [-0.2, -0.15) is 5.10 Å². The van der Waals surface area contributed by atoms with Crippen molar-refractivity contribution < 1.29 is 0 Å². The van der Waals surface area contributed by atoms with Crippen LogP contribution in [0.4, 0.5) is 5.82 Å². The van der Waals surface area contributed by atoms with Crippen LogP contribution in [0.1, 0.15) is 5.56 Å². The highest BCUT2D eigenvalue weighted by atomic mass is 15.3. The lowest BCUT2D eigenvalue weighted by Gasteiger charge is -2.28. The van der Waals surface area contributed by atoms with Gasteiger partial charge in [-0.1, -0.05) is 0 Å². The summed E-state index contributed by atoms with van der Waals surface area (Å²) >= 11 is 0. The third-order valence-corrected chi connectivity index (χ3v) is 4.64. The van der Waals surface area contributed by atoms with E-state index in [4.69, 9.17) is 4.98 Å². The first kappa shape index (κ1) is 14.3. The van der Waals surface area contributed by atoms with Gasteiger partial charge >= 0.3 is 0 Å². The Bertz CT molecular complexity index is 1040. The van der Waals surface area contributed by atoms with Gasteiger partial charge in [-0.15, -0.1) is 10.2 Å². The Morgan fingerprint density at radius 1 is 1.16 bits per heavy atom. The Morgan fingerprint density at radius 3 is 2.84 bits per heavy atom. The first-order chi connectivity index (χ1) is 12.3. The van der Waals surface area contributed by atoms with Crippen LogP contribution >= 0.6 is 0 Å². The molecule has 4 heterocycles. The number of fused-ring (bicyclic) bond motifs is 3. The molecule has 1 saturated heterocycles. The third kappa shape index (κ3) is 2.23. The molecule has 1 fully saturated rings. The topological polar surface area (TPSA) is 99.9 Å². The van der Waals surface area contributed by atoms with Gasteiger partial charge in [0.1, 0.15) is 12.7 Å². The highest BCUT2D eigenvalue weighted by Gasteiger charge is 2.19. The molecule has 0 saturated carbocycles. The fourth-order valence-electron chi connectivity index (χ4n) is 3.37. The molecule has 0 atom stereocenters. The summed E-state index contributed by atoms with van der Waals surface area (Å²) in [7, 11) is 0. The maximum absolute atomic E-state index is 4.92. The van der Waals surface area contributed by atoms with Gasteiger partial charge in [-0.05, 0) is 24.6 Å². The standard InChI is InChI=1S/C16H17N9/c1-10-6-13-12(7-11(10)14-18-8-19-22-14)21-15(16-23-20-9-25(13)16)24-4-2-17-3-5-24/h6-9,17H,2-5H2,1H3,(H,18,19,22). The number of nitrogens with zero attached hydrogens (tertiary/aromatic N) is 7. The number of piperazine rings is 1. The lowest BCUT2D eigenvalue weighted by molar-refractivity contribution is 0.586. The highest BCUT2D eigenvalue weighted by molar-refractivity contribution is 5.87. The highest BCUT2D eigenvalue weighted by Crippen LogP contribution is 2.28. The number of rotatable bonds is 2. The normalized spacial score (nSPS) is 15.3. The van der Waals surface area contributed by atoms with Crippen LogP contribution in [0.25, 0.3) is 28.1 Å². The van der Waals surface area contributed by atoms with Crippen molar-refractivity contribution >= 4 is 22.5 Å². The zero-order valence-corrected chi connectivity index (χ0v) is 13.8. The molecular weight excluding hydrogens is 318 g/mol. The monoisotopic (exact) mass is 335 g/mol. The second kappa shape index (κ2) is 5.49. The fourth-order valence-corrected chi connectivity index (χ4v) is 3.37. The van der Waals surface area contributed by atoms with Crippen LogP contribution in [0.2, 0.25) is 0 Å². The van der Waals surface area contributed by atoms with Crippen LogP contribution in [0.15, 0.2) is 24.8 Å². The summed E-state index contributed by atoms with van der Waals surface area (Å²) in [6.07, 6.45) is 3.26. The molecule has 2 N–H and O–H groups in total. The van der Waals surface area contributed by atoms with E-state index in [0.29, 0.717) is 0 Å². The van der Waals surface area contributed by atoms with Gasteiger partial charge in [0.05, 0.1) is 11.0 Å². The number of H-pyrrole nitrogens is 1. The molecule has 1 aromatic carbocycles. The molecule has 0 amide bonds. The van der Waals surface area contributed by atoms with E-state index in [-0.39, 0.29) is 0 Å². The molecule has 9 heteroatoms. The molecule has 126 valence electrons. The summed E-state index contributed by atoms with van der Waals surface area (Å²) in [4.78, 5) is 11.5. The first-order valence-electron chi connectivity index (χ1n) is 8.27. The molecule has 0 radical (unpaired) electrons. The van der Waals surface area contributed by atoms with E-state index in [9.17, 15) is 0 Å². The van der Waals surface area contributed by atoms with Crippen LogP contribution < -0.4 is 10.2 Å². The molecule has 0 unspecified atom stereocenters. The van der Waals surface area contributed by atoms with Gasteiger partial charge in [0, 0.05) is 31.7 Å². The van der Waals surface area contributed by atoms with Gasteiger partial charge in [-0.3, -0.25) is 9.50 Å². The summed E-state index contributed by atoms with van der Waals surface area (Å²) in [5, 5.41) is 18.7. The lowest BCUT2D eigenvalue weighted by Crippen LogP contribution is -2.44. The second-order valence-electron chi connectivity index (χ2n) is 6.19. The molecule has 0 bridgehead atoms. The Morgan fingerprint density at radius 2 is 2.04 bits per heavy atom. The van der Waals surface area contributed by atoms with E-state index in [1.54, 1.807) is 6.33 Å². The van der Waals surface area contributed by atoms with E-state index in [1.165, 1.54) is 6.33 Å². The van der Waals surface area contributed by atoms with Crippen molar-refractivity contribution in [3.63, 3.8) is 0 Å². The predicted octanol–water partition coefficient (Wildman–Crippen LogP) is 0.781. The number of aromatic nitrogens is 7. The number of anilines is 1. The Hall–Kier alpha value is -3.07. The smallest absolute Gasteiger partial charge is 0.204 e. The molecule has 4 aromatic rings. The molecule has 1 aliphatic heterocycles. The van der Waals surface area contributed by atoms with Crippen molar-refractivity contribution in [2.45, 2.75) is 6.92 Å². The fraction of sp³-hybridized carbons (Fsp3) is 0.312. The summed E-state index contributed by atoms with van der Waals surface area (Å²) < 4.78 is 2.01. The van der Waals surface area contributed by atoms with E-state index in [1.807, 2.05) is 4.40 Å². The Balaban J connectivity index is 1.77. The summed E-state index contributed by atoms with van der Waals surface area (Å²) in [6, 6.07) is 4.15. The zero-order chi connectivity index (χ0) is 16.8. The largest absolute Gasteiger partial charge is 0.351 e. The summed E-state index contributed by atoms with van der Waals surface area (Å²) in [5.74, 6) is 1.62. The molecule has 9 nitrogen and oxygen atoms in total. The molecule has 3 aromatic heterocycles. The van der Waals surface area contributed by atoms with Crippen molar-refractivity contribution in [1.29, 1.82) is 0 Å². The van der Waals surface area contributed by atoms with Crippen LogP contribution in [-0.4, -0.2) is 60.9 Å². The molecule has 1 aliphatic rings. The first-order valence-corrected chi connectivity index (χ1v) is 8.27. The second-order valence-corrected chi connectivity index (χ2v) is 6.19. The maximum atomic E-state index is 4.92.